The van der Waals surface area contributed by atoms with Crippen molar-refractivity contribution < 1.29 is 14.4 Å². The van der Waals surface area contributed by atoms with Crippen LogP contribution in [0.25, 0.3) is 0 Å². The molecule has 1 aliphatic carbocycles. The van der Waals surface area contributed by atoms with E-state index in [4.69, 9.17) is 5.73 Å². The van der Waals surface area contributed by atoms with Crippen LogP contribution in [0.15, 0.2) is 35.4 Å². The molecule has 3 N–H and O–H groups in total. The Bertz CT molecular complexity index is 674. The van der Waals surface area contributed by atoms with Gasteiger partial charge in [-0.1, -0.05) is 38.1 Å². The molecule has 1 unspecified atom stereocenters. The second-order valence-electron chi connectivity index (χ2n) is 5.79. The first-order valence-corrected chi connectivity index (χ1v) is 7.26. The van der Waals surface area contributed by atoms with Gasteiger partial charge in [-0.25, -0.2) is 0 Å². The van der Waals surface area contributed by atoms with Gasteiger partial charge in [0.1, 0.15) is 0 Å². The van der Waals surface area contributed by atoms with Crippen molar-refractivity contribution in [2.24, 2.45) is 11.7 Å². The number of Topliss-reactive ketones (excluding diaryl/α,β-unsaturated/α-hetero) is 2. The lowest BCUT2D eigenvalue weighted by atomic mass is 9.84. The van der Waals surface area contributed by atoms with Crippen molar-refractivity contribution in [3.05, 3.63) is 46.5 Å². The van der Waals surface area contributed by atoms with E-state index >= 15 is 0 Å². The Hall–Kier alpha value is -2.27. The maximum atomic E-state index is 12.5. The Labute approximate surface area is 129 Å². The summed E-state index contributed by atoms with van der Waals surface area (Å²) in [6, 6.07) is 6.08. The molecule has 22 heavy (non-hydrogen) atoms. The van der Waals surface area contributed by atoms with Gasteiger partial charge in [0.25, 0.3) is 0 Å². The Morgan fingerprint density at radius 2 is 1.68 bits per heavy atom. The van der Waals surface area contributed by atoms with E-state index in [1.54, 1.807) is 31.2 Å². The average molecular weight is 300 g/mol. The third-order valence-corrected chi connectivity index (χ3v) is 3.94. The number of rotatable bonds is 4. The van der Waals surface area contributed by atoms with Crippen molar-refractivity contribution in [1.82, 2.24) is 5.32 Å². The maximum absolute atomic E-state index is 12.5. The van der Waals surface area contributed by atoms with Crippen LogP contribution in [0.1, 0.15) is 41.5 Å². The summed E-state index contributed by atoms with van der Waals surface area (Å²) in [7, 11) is 0. The van der Waals surface area contributed by atoms with Crippen molar-refractivity contribution in [3.63, 3.8) is 0 Å². The molecule has 0 bridgehead atoms. The van der Waals surface area contributed by atoms with Crippen molar-refractivity contribution in [3.8, 4) is 0 Å². The number of fused-ring (bicyclic) bond motifs is 1. The molecular formula is C17H20N2O3. The van der Waals surface area contributed by atoms with E-state index in [1.807, 2.05) is 13.8 Å². The number of nitrogens with two attached hydrogens (primary N) is 1. The van der Waals surface area contributed by atoms with Crippen LogP contribution >= 0.6 is 0 Å². The van der Waals surface area contributed by atoms with E-state index in [0.717, 1.165) is 0 Å². The molecule has 0 fully saturated rings. The van der Waals surface area contributed by atoms with Gasteiger partial charge in [-0.2, -0.15) is 0 Å². The van der Waals surface area contributed by atoms with Crippen LogP contribution in [0.4, 0.5) is 0 Å². The number of carbonyl (C=O) groups is 3. The molecule has 0 aliphatic heterocycles. The van der Waals surface area contributed by atoms with E-state index in [2.05, 4.69) is 5.32 Å². The number of amides is 1. The van der Waals surface area contributed by atoms with Crippen LogP contribution < -0.4 is 11.1 Å². The Morgan fingerprint density at radius 1 is 1.14 bits per heavy atom. The predicted octanol–water partition coefficient (Wildman–Crippen LogP) is 1.48. The monoisotopic (exact) mass is 300 g/mol. The lowest BCUT2D eigenvalue weighted by Crippen LogP contribution is -2.45. The Balaban J connectivity index is 2.22. The number of hydrogen-bond donors (Lipinski definition) is 2. The minimum atomic E-state index is -0.636. The Morgan fingerprint density at radius 3 is 2.23 bits per heavy atom. The highest BCUT2D eigenvalue weighted by atomic mass is 16.2. The van der Waals surface area contributed by atoms with Gasteiger partial charge in [0.2, 0.25) is 5.91 Å². The second-order valence-corrected chi connectivity index (χ2v) is 5.79. The molecular weight excluding hydrogens is 280 g/mol. The van der Waals surface area contributed by atoms with Crippen LogP contribution in [-0.2, 0) is 4.79 Å². The van der Waals surface area contributed by atoms with Crippen LogP contribution in [0.5, 0.6) is 0 Å². The first kappa shape index (κ1) is 16.1. The van der Waals surface area contributed by atoms with E-state index in [0.29, 0.717) is 22.3 Å². The van der Waals surface area contributed by atoms with Gasteiger partial charge in [0.15, 0.2) is 11.6 Å². The third kappa shape index (κ3) is 2.85. The predicted molar refractivity (Wildman–Crippen MR) is 83.6 cm³/mol. The average Bonchev–Trinajstić information content (AvgIpc) is 2.51. The topological polar surface area (TPSA) is 89.3 Å². The molecule has 1 aromatic rings. The quantitative estimate of drug-likeness (QED) is 0.881. The minimum Gasteiger partial charge on any atom is -0.351 e. The maximum Gasteiger partial charge on any atom is 0.237 e. The Kier molecular flexibility index (Phi) is 4.56. The van der Waals surface area contributed by atoms with Gasteiger partial charge in [-0.3, -0.25) is 14.4 Å². The molecule has 116 valence electrons. The molecule has 1 amide bonds. The minimum absolute atomic E-state index is 0.000471. The molecule has 0 radical (unpaired) electrons. The van der Waals surface area contributed by atoms with Gasteiger partial charge in [0.05, 0.1) is 6.04 Å². The highest BCUT2D eigenvalue weighted by Gasteiger charge is 2.29. The SMILES string of the molecule is CC1=C(CNC(=O)C(N)C(C)C)C(=O)c2ccccc2C1=O. The summed E-state index contributed by atoms with van der Waals surface area (Å²) >= 11 is 0. The fourth-order valence-electron chi connectivity index (χ4n) is 2.36. The zero-order chi connectivity index (χ0) is 16.4. The number of benzene rings is 1. The zero-order valence-corrected chi connectivity index (χ0v) is 13.0. The summed E-state index contributed by atoms with van der Waals surface area (Å²) in [5.41, 5.74) is 7.27. The first-order valence-electron chi connectivity index (χ1n) is 7.26. The third-order valence-electron chi connectivity index (χ3n) is 3.94. The fraction of sp³-hybridized carbons (Fsp3) is 0.353. The van der Waals surface area contributed by atoms with E-state index in [9.17, 15) is 14.4 Å². The summed E-state index contributed by atoms with van der Waals surface area (Å²) < 4.78 is 0. The van der Waals surface area contributed by atoms with Crippen LogP contribution in [0.2, 0.25) is 0 Å². The van der Waals surface area contributed by atoms with Gasteiger partial charge in [0, 0.05) is 28.8 Å². The highest BCUT2D eigenvalue weighted by molar-refractivity contribution is 6.26. The van der Waals surface area contributed by atoms with Crippen LogP contribution in [0.3, 0.4) is 0 Å². The zero-order valence-electron chi connectivity index (χ0n) is 13.0. The molecule has 5 heteroatoms. The molecule has 1 aromatic carbocycles. The van der Waals surface area contributed by atoms with E-state index in [1.165, 1.54) is 0 Å². The van der Waals surface area contributed by atoms with Crippen molar-refractivity contribution in [2.75, 3.05) is 6.54 Å². The molecule has 5 nitrogen and oxygen atoms in total. The molecule has 2 rings (SSSR count). The summed E-state index contributed by atoms with van der Waals surface area (Å²) in [6.07, 6.45) is 0. The summed E-state index contributed by atoms with van der Waals surface area (Å²) in [5.74, 6) is -0.715. The molecule has 0 saturated carbocycles. The van der Waals surface area contributed by atoms with Crippen molar-refractivity contribution in [2.45, 2.75) is 26.8 Å². The van der Waals surface area contributed by atoms with Crippen molar-refractivity contribution >= 4 is 17.5 Å². The first-order chi connectivity index (χ1) is 10.3. The molecule has 1 atom stereocenters. The van der Waals surface area contributed by atoms with E-state index in [-0.39, 0.29) is 29.9 Å². The molecule has 0 heterocycles. The standard InChI is InChI=1S/C17H20N2O3/c1-9(2)14(18)17(22)19-8-13-10(3)15(20)11-6-4-5-7-12(11)16(13)21/h4-7,9,14H,8,18H2,1-3H3,(H,19,22). The van der Waals surface area contributed by atoms with Crippen LogP contribution in [0, 0.1) is 5.92 Å². The summed E-state index contributed by atoms with van der Waals surface area (Å²) in [4.78, 5) is 36.7. The number of carbonyl (C=O) groups excluding carboxylic acids is 3. The van der Waals surface area contributed by atoms with Gasteiger partial charge in [-0.15, -0.1) is 0 Å². The summed E-state index contributed by atoms with van der Waals surface area (Å²) in [5, 5.41) is 2.65. The highest BCUT2D eigenvalue weighted by Crippen LogP contribution is 2.25. The lowest BCUT2D eigenvalue weighted by molar-refractivity contribution is -0.123. The van der Waals surface area contributed by atoms with E-state index < -0.39 is 6.04 Å². The molecule has 1 aliphatic rings. The molecule has 0 spiro atoms. The number of ketones is 2. The molecule has 0 aromatic heterocycles. The molecule has 0 saturated heterocycles. The smallest absolute Gasteiger partial charge is 0.237 e. The van der Waals surface area contributed by atoms with Crippen LogP contribution in [-0.4, -0.2) is 30.1 Å². The number of allylic oxidation sites excluding steroid dienone is 1. The number of nitrogens with one attached hydrogen (secondary N) is 1. The van der Waals surface area contributed by atoms with Gasteiger partial charge < -0.3 is 11.1 Å². The summed E-state index contributed by atoms with van der Waals surface area (Å²) in [6.45, 7) is 5.32. The normalized spacial score (nSPS) is 15.9. The van der Waals surface area contributed by atoms with Gasteiger partial charge >= 0.3 is 0 Å². The largest absolute Gasteiger partial charge is 0.351 e. The lowest BCUT2D eigenvalue weighted by Gasteiger charge is -2.20. The number of hydrogen-bond acceptors (Lipinski definition) is 4. The second kappa shape index (κ2) is 6.23. The van der Waals surface area contributed by atoms with Gasteiger partial charge in [-0.05, 0) is 12.8 Å². The fourth-order valence-corrected chi connectivity index (χ4v) is 2.36. The van der Waals surface area contributed by atoms with Crippen molar-refractivity contribution in [1.29, 1.82) is 0 Å².